The number of piperidine rings is 1. The molecule has 1 aliphatic heterocycles. The van der Waals surface area contributed by atoms with Crippen LogP contribution in [0.5, 0.6) is 0 Å². The fourth-order valence-corrected chi connectivity index (χ4v) is 3.33. The number of nitrogens with zero attached hydrogens (tertiary/aromatic N) is 2. The van der Waals surface area contributed by atoms with Gasteiger partial charge in [-0.1, -0.05) is 24.3 Å². The molecular weight excluding hydrogens is 326 g/mol. The molecule has 1 fully saturated rings. The maximum atomic E-state index is 12.7. The van der Waals surface area contributed by atoms with Crippen molar-refractivity contribution in [2.45, 2.75) is 19.3 Å². The SMILES string of the molecule is O=C(Nc1ccccc1N1CCCCC1)c1ccc(-c2cnco2)cc1. The zero-order valence-corrected chi connectivity index (χ0v) is 14.5. The molecule has 0 saturated carbocycles. The Morgan fingerprint density at radius 1 is 1.00 bits per heavy atom. The molecule has 1 saturated heterocycles. The third-order valence-electron chi connectivity index (χ3n) is 4.71. The first kappa shape index (κ1) is 16.4. The van der Waals surface area contributed by atoms with Gasteiger partial charge in [0.15, 0.2) is 12.2 Å². The van der Waals surface area contributed by atoms with Gasteiger partial charge in [0.25, 0.3) is 5.91 Å². The number of aromatic nitrogens is 1. The molecule has 2 heterocycles. The first-order valence-corrected chi connectivity index (χ1v) is 8.95. The van der Waals surface area contributed by atoms with Crippen LogP contribution in [0.1, 0.15) is 29.6 Å². The Labute approximate surface area is 152 Å². The second kappa shape index (κ2) is 7.44. The fourth-order valence-electron chi connectivity index (χ4n) is 3.33. The number of rotatable bonds is 4. The summed E-state index contributed by atoms with van der Waals surface area (Å²) in [7, 11) is 0. The van der Waals surface area contributed by atoms with E-state index in [1.165, 1.54) is 25.7 Å². The van der Waals surface area contributed by atoms with Crippen molar-refractivity contribution in [3.63, 3.8) is 0 Å². The lowest BCUT2D eigenvalue weighted by Crippen LogP contribution is -2.30. The summed E-state index contributed by atoms with van der Waals surface area (Å²) >= 11 is 0. The van der Waals surface area contributed by atoms with E-state index in [0.29, 0.717) is 11.3 Å². The average molecular weight is 347 g/mol. The van der Waals surface area contributed by atoms with Crippen molar-refractivity contribution >= 4 is 17.3 Å². The Balaban J connectivity index is 1.51. The summed E-state index contributed by atoms with van der Waals surface area (Å²) in [6, 6.07) is 15.4. The van der Waals surface area contributed by atoms with Gasteiger partial charge in [0.05, 0.1) is 17.6 Å². The van der Waals surface area contributed by atoms with Gasteiger partial charge >= 0.3 is 0 Å². The molecule has 2 aromatic carbocycles. The summed E-state index contributed by atoms with van der Waals surface area (Å²) in [6.45, 7) is 2.08. The lowest BCUT2D eigenvalue weighted by Gasteiger charge is -2.30. The third-order valence-corrected chi connectivity index (χ3v) is 4.71. The van der Waals surface area contributed by atoms with Gasteiger partial charge in [-0.2, -0.15) is 0 Å². The zero-order valence-electron chi connectivity index (χ0n) is 14.5. The van der Waals surface area contributed by atoms with Crippen LogP contribution in [0.3, 0.4) is 0 Å². The highest BCUT2D eigenvalue weighted by atomic mass is 16.3. The first-order valence-electron chi connectivity index (χ1n) is 8.95. The van der Waals surface area contributed by atoms with E-state index in [2.05, 4.69) is 21.3 Å². The van der Waals surface area contributed by atoms with Crippen LogP contribution in [-0.4, -0.2) is 24.0 Å². The Morgan fingerprint density at radius 3 is 2.50 bits per heavy atom. The van der Waals surface area contributed by atoms with Gasteiger partial charge in [0, 0.05) is 24.2 Å². The molecule has 1 aromatic heterocycles. The van der Waals surface area contributed by atoms with E-state index in [9.17, 15) is 4.79 Å². The zero-order chi connectivity index (χ0) is 17.8. The molecule has 0 unspecified atom stereocenters. The lowest BCUT2D eigenvalue weighted by atomic mass is 10.1. The van der Waals surface area contributed by atoms with Crippen molar-refractivity contribution < 1.29 is 9.21 Å². The molecule has 3 aromatic rings. The summed E-state index contributed by atoms with van der Waals surface area (Å²) in [4.78, 5) is 19.0. The fraction of sp³-hybridized carbons (Fsp3) is 0.238. The van der Waals surface area contributed by atoms with E-state index in [0.717, 1.165) is 30.0 Å². The smallest absolute Gasteiger partial charge is 0.255 e. The molecule has 0 atom stereocenters. The molecule has 4 rings (SSSR count). The molecule has 26 heavy (non-hydrogen) atoms. The van der Waals surface area contributed by atoms with Gasteiger partial charge in [-0.05, 0) is 43.5 Å². The number of hydrogen-bond acceptors (Lipinski definition) is 4. The Bertz CT molecular complexity index is 867. The van der Waals surface area contributed by atoms with Crippen LogP contribution in [0.2, 0.25) is 0 Å². The summed E-state index contributed by atoms with van der Waals surface area (Å²) in [5, 5.41) is 3.06. The summed E-state index contributed by atoms with van der Waals surface area (Å²) in [5.41, 5.74) is 3.46. The number of carbonyl (C=O) groups is 1. The lowest BCUT2D eigenvalue weighted by molar-refractivity contribution is 0.102. The Hall–Kier alpha value is -3.08. The van der Waals surface area contributed by atoms with E-state index in [4.69, 9.17) is 4.42 Å². The molecule has 1 N–H and O–H groups in total. The highest BCUT2D eigenvalue weighted by molar-refractivity contribution is 6.06. The van der Waals surface area contributed by atoms with E-state index >= 15 is 0 Å². The topological polar surface area (TPSA) is 58.4 Å². The van der Waals surface area contributed by atoms with E-state index in [-0.39, 0.29) is 5.91 Å². The molecule has 0 bridgehead atoms. The molecular formula is C21H21N3O2. The number of nitrogens with one attached hydrogen (secondary N) is 1. The third kappa shape index (κ3) is 3.47. The number of oxazole rings is 1. The molecule has 1 aliphatic rings. The summed E-state index contributed by atoms with van der Waals surface area (Å²) < 4.78 is 5.28. The minimum atomic E-state index is -0.112. The highest BCUT2D eigenvalue weighted by Gasteiger charge is 2.16. The van der Waals surface area contributed by atoms with Crippen molar-refractivity contribution in [2.75, 3.05) is 23.3 Å². The van der Waals surface area contributed by atoms with Crippen molar-refractivity contribution in [3.05, 3.63) is 66.7 Å². The van der Waals surface area contributed by atoms with Crippen molar-refractivity contribution in [1.29, 1.82) is 0 Å². The van der Waals surface area contributed by atoms with Crippen molar-refractivity contribution in [2.24, 2.45) is 0 Å². The molecule has 132 valence electrons. The molecule has 5 nitrogen and oxygen atoms in total. The first-order chi connectivity index (χ1) is 12.8. The van der Waals surface area contributed by atoms with Crippen LogP contribution in [-0.2, 0) is 0 Å². The average Bonchev–Trinajstić information content (AvgIpc) is 3.24. The number of anilines is 2. The molecule has 0 radical (unpaired) electrons. The predicted molar refractivity (Wildman–Crippen MR) is 102 cm³/mol. The number of benzene rings is 2. The summed E-state index contributed by atoms with van der Waals surface area (Å²) in [5.74, 6) is 0.575. The van der Waals surface area contributed by atoms with Gasteiger partial charge in [-0.25, -0.2) is 4.98 Å². The van der Waals surface area contributed by atoms with E-state index < -0.39 is 0 Å². The van der Waals surface area contributed by atoms with Crippen molar-refractivity contribution in [3.8, 4) is 11.3 Å². The number of carbonyl (C=O) groups excluding carboxylic acids is 1. The van der Waals surface area contributed by atoms with Gasteiger partial charge in [0.2, 0.25) is 0 Å². The molecule has 5 heteroatoms. The van der Waals surface area contributed by atoms with E-state index in [1.807, 2.05) is 30.3 Å². The van der Waals surface area contributed by atoms with Crippen LogP contribution in [0, 0.1) is 0 Å². The maximum absolute atomic E-state index is 12.7. The predicted octanol–water partition coefficient (Wildman–Crippen LogP) is 4.58. The number of para-hydroxylation sites is 2. The monoisotopic (exact) mass is 347 g/mol. The van der Waals surface area contributed by atoms with E-state index in [1.54, 1.807) is 18.3 Å². The number of amides is 1. The van der Waals surface area contributed by atoms with Gasteiger partial charge in [-0.15, -0.1) is 0 Å². The minimum absolute atomic E-state index is 0.112. The van der Waals surface area contributed by atoms with Crippen LogP contribution >= 0.6 is 0 Å². The van der Waals surface area contributed by atoms with Gasteiger partial charge < -0.3 is 14.6 Å². The summed E-state index contributed by atoms with van der Waals surface area (Å²) in [6.07, 6.45) is 6.73. The second-order valence-electron chi connectivity index (χ2n) is 6.46. The van der Waals surface area contributed by atoms with Crippen LogP contribution in [0.25, 0.3) is 11.3 Å². The van der Waals surface area contributed by atoms with Gasteiger partial charge in [-0.3, -0.25) is 4.79 Å². The van der Waals surface area contributed by atoms with Crippen LogP contribution < -0.4 is 10.2 Å². The minimum Gasteiger partial charge on any atom is -0.444 e. The molecule has 1 amide bonds. The number of hydrogen-bond donors (Lipinski definition) is 1. The van der Waals surface area contributed by atoms with Crippen LogP contribution in [0.4, 0.5) is 11.4 Å². The molecule has 0 aliphatic carbocycles. The second-order valence-corrected chi connectivity index (χ2v) is 6.46. The Morgan fingerprint density at radius 2 is 1.77 bits per heavy atom. The van der Waals surface area contributed by atoms with Crippen LogP contribution in [0.15, 0.2) is 65.5 Å². The highest BCUT2D eigenvalue weighted by Crippen LogP contribution is 2.29. The largest absolute Gasteiger partial charge is 0.444 e. The van der Waals surface area contributed by atoms with Gasteiger partial charge in [0.1, 0.15) is 0 Å². The quantitative estimate of drug-likeness (QED) is 0.750. The normalized spacial score (nSPS) is 14.2. The Kier molecular flexibility index (Phi) is 4.69. The standard InChI is InChI=1S/C21H21N3O2/c25-21(17-10-8-16(9-11-17)20-14-22-15-26-20)23-18-6-2-3-7-19(18)24-12-4-1-5-13-24/h2-3,6-11,14-15H,1,4-5,12-13H2,(H,23,25). The maximum Gasteiger partial charge on any atom is 0.255 e. The molecule has 0 spiro atoms. The van der Waals surface area contributed by atoms with Crippen molar-refractivity contribution in [1.82, 2.24) is 4.98 Å².